The van der Waals surface area contributed by atoms with E-state index in [1.165, 1.54) is 12.1 Å². The highest BCUT2D eigenvalue weighted by Gasteiger charge is 2.17. The summed E-state index contributed by atoms with van der Waals surface area (Å²) in [4.78, 5) is 22.1. The number of hydrogen-bond donors (Lipinski definition) is 3. The molecule has 0 unspecified atom stereocenters. The van der Waals surface area contributed by atoms with Crippen LogP contribution in [0.1, 0.15) is 10.4 Å². The first kappa shape index (κ1) is 16.5. The monoisotopic (exact) mass is 340 g/mol. The Labute approximate surface area is 124 Å². The Kier molecular flexibility index (Phi) is 5.21. The van der Waals surface area contributed by atoms with Crippen molar-refractivity contribution in [2.45, 2.75) is 0 Å². The molecule has 0 aliphatic rings. The highest BCUT2D eigenvalue weighted by Crippen LogP contribution is 2.29. The fourth-order valence-electron chi connectivity index (χ4n) is 1.31. The number of carbonyl (C=O) groups excluding carboxylic acids is 1. The number of aliphatic carboxylic acids is 1. The van der Waals surface area contributed by atoms with Crippen LogP contribution in [0.4, 0.5) is 5.69 Å². The maximum Gasteiger partial charge on any atom is 0.322 e. The first-order valence-corrected chi connectivity index (χ1v) is 7.71. The average molecular weight is 341 g/mol. The van der Waals surface area contributed by atoms with Gasteiger partial charge in [-0.15, -0.1) is 0 Å². The summed E-state index contributed by atoms with van der Waals surface area (Å²) in [5.74, 6) is -1.99. The quantitative estimate of drug-likeness (QED) is 0.744. The van der Waals surface area contributed by atoms with Crippen LogP contribution in [0.3, 0.4) is 0 Å². The molecule has 0 aromatic heterocycles. The number of carboxylic acid groups (broad SMARTS) is 1. The molecule has 1 rings (SSSR count). The van der Waals surface area contributed by atoms with Crippen molar-refractivity contribution in [3.05, 3.63) is 27.7 Å². The third-order valence-electron chi connectivity index (χ3n) is 1.97. The average Bonchev–Trinajstić information content (AvgIpc) is 2.22. The summed E-state index contributed by atoms with van der Waals surface area (Å²) >= 11 is 11.7. The van der Waals surface area contributed by atoms with E-state index < -0.39 is 28.4 Å². The smallest absolute Gasteiger partial charge is 0.322 e. The standard InChI is InChI=1S/C10H10Cl2N2O5S/c1-20(18,19)14-5-2-6(11)9(7(12)3-5)10(17)13-4-8(15)16/h2-3,14H,4H2,1H3,(H,13,17)(H,15,16). The first-order valence-electron chi connectivity index (χ1n) is 5.07. The van der Waals surface area contributed by atoms with Gasteiger partial charge >= 0.3 is 5.97 Å². The Morgan fingerprint density at radius 2 is 1.75 bits per heavy atom. The van der Waals surface area contributed by atoms with Crippen LogP contribution in [0.2, 0.25) is 10.0 Å². The predicted octanol–water partition coefficient (Wildman–Crippen LogP) is 1.18. The Balaban J connectivity index is 3.06. The fourth-order valence-corrected chi connectivity index (χ4v) is 2.51. The summed E-state index contributed by atoms with van der Waals surface area (Å²) < 4.78 is 24.3. The summed E-state index contributed by atoms with van der Waals surface area (Å²) in [6.07, 6.45) is 0.947. The van der Waals surface area contributed by atoms with Gasteiger partial charge in [0.2, 0.25) is 10.0 Å². The van der Waals surface area contributed by atoms with Crippen LogP contribution in [-0.4, -0.2) is 38.2 Å². The molecule has 20 heavy (non-hydrogen) atoms. The second-order valence-electron chi connectivity index (χ2n) is 3.77. The number of sulfonamides is 1. The molecular formula is C10H10Cl2N2O5S. The summed E-state index contributed by atoms with van der Waals surface area (Å²) in [5.41, 5.74) is -0.0362. The molecule has 0 radical (unpaired) electrons. The molecule has 0 bridgehead atoms. The van der Waals surface area contributed by atoms with Crippen LogP contribution in [0.5, 0.6) is 0 Å². The van der Waals surface area contributed by atoms with Gasteiger partial charge in [0.15, 0.2) is 0 Å². The molecule has 1 aromatic carbocycles. The van der Waals surface area contributed by atoms with Gasteiger partial charge in [-0.05, 0) is 12.1 Å². The number of carboxylic acids is 1. The maximum absolute atomic E-state index is 11.7. The molecule has 7 nitrogen and oxygen atoms in total. The topological polar surface area (TPSA) is 113 Å². The number of halogens is 2. The van der Waals surface area contributed by atoms with E-state index in [9.17, 15) is 18.0 Å². The summed E-state index contributed by atoms with van der Waals surface area (Å²) in [7, 11) is -3.51. The predicted molar refractivity (Wildman–Crippen MR) is 74.9 cm³/mol. The molecule has 0 aliphatic carbocycles. The van der Waals surface area contributed by atoms with Crippen molar-refractivity contribution in [2.24, 2.45) is 0 Å². The second-order valence-corrected chi connectivity index (χ2v) is 6.33. The highest BCUT2D eigenvalue weighted by molar-refractivity contribution is 7.92. The molecule has 3 N–H and O–H groups in total. The van der Waals surface area contributed by atoms with Gasteiger partial charge < -0.3 is 10.4 Å². The summed E-state index contributed by atoms with van der Waals surface area (Å²) in [6.45, 7) is -0.588. The van der Waals surface area contributed by atoms with E-state index in [1.807, 2.05) is 0 Å². The van der Waals surface area contributed by atoms with Crippen LogP contribution < -0.4 is 10.0 Å². The molecule has 0 spiro atoms. The molecule has 1 aromatic rings. The number of anilines is 1. The van der Waals surface area contributed by atoms with E-state index in [0.29, 0.717) is 0 Å². The number of carbonyl (C=O) groups is 2. The van der Waals surface area contributed by atoms with E-state index >= 15 is 0 Å². The molecule has 0 heterocycles. The lowest BCUT2D eigenvalue weighted by atomic mass is 10.2. The Hall–Kier alpha value is -1.51. The minimum Gasteiger partial charge on any atom is -0.480 e. The summed E-state index contributed by atoms with van der Waals surface area (Å²) in [6, 6.07) is 2.40. The lowest BCUT2D eigenvalue weighted by molar-refractivity contribution is -0.135. The van der Waals surface area contributed by atoms with Gasteiger partial charge in [0, 0.05) is 0 Å². The molecule has 0 atom stereocenters. The van der Waals surface area contributed by atoms with Crippen LogP contribution >= 0.6 is 23.2 Å². The molecule has 0 saturated carbocycles. The largest absolute Gasteiger partial charge is 0.480 e. The number of rotatable bonds is 5. The SMILES string of the molecule is CS(=O)(=O)Nc1cc(Cl)c(C(=O)NCC(=O)O)c(Cl)c1. The van der Waals surface area contributed by atoms with E-state index in [2.05, 4.69) is 10.0 Å². The second kappa shape index (κ2) is 6.29. The molecule has 1 amide bonds. The lowest BCUT2D eigenvalue weighted by Gasteiger charge is -2.10. The van der Waals surface area contributed by atoms with Gasteiger partial charge in [0.05, 0.1) is 27.6 Å². The van der Waals surface area contributed by atoms with E-state index in [-0.39, 0.29) is 21.3 Å². The highest BCUT2D eigenvalue weighted by atomic mass is 35.5. The number of hydrogen-bond acceptors (Lipinski definition) is 4. The number of amides is 1. The zero-order chi connectivity index (χ0) is 15.5. The minimum atomic E-state index is -3.51. The Morgan fingerprint density at radius 1 is 1.25 bits per heavy atom. The molecule has 0 aliphatic heterocycles. The third-order valence-corrected chi connectivity index (χ3v) is 3.18. The van der Waals surface area contributed by atoms with Crippen LogP contribution in [0.25, 0.3) is 0 Å². The fraction of sp³-hybridized carbons (Fsp3) is 0.200. The normalized spacial score (nSPS) is 10.9. The zero-order valence-corrected chi connectivity index (χ0v) is 12.4. The number of nitrogens with one attached hydrogen (secondary N) is 2. The van der Waals surface area contributed by atoms with Crippen molar-refractivity contribution < 1.29 is 23.1 Å². The summed E-state index contributed by atoms with van der Waals surface area (Å²) in [5, 5.41) is 10.4. The Bertz CT molecular complexity index is 637. The van der Waals surface area contributed by atoms with Crippen LogP contribution in [0.15, 0.2) is 12.1 Å². The van der Waals surface area contributed by atoms with Gasteiger partial charge in [-0.25, -0.2) is 8.42 Å². The Morgan fingerprint density at radius 3 is 2.15 bits per heavy atom. The third kappa shape index (κ3) is 4.87. The van der Waals surface area contributed by atoms with Gasteiger partial charge in [-0.3, -0.25) is 14.3 Å². The van der Waals surface area contributed by atoms with Crippen molar-refractivity contribution in [1.82, 2.24) is 5.32 Å². The van der Waals surface area contributed by atoms with E-state index in [0.717, 1.165) is 6.26 Å². The van der Waals surface area contributed by atoms with E-state index in [4.69, 9.17) is 28.3 Å². The first-order chi connectivity index (χ1) is 9.10. The van der Waals surface area contributed by atoms with Crippen molar-refractivity contribution >= 4 is 50.8 Å². The van der Waals surface area contributed by atoms with Crippen molar-refractivity contribution in [2.75, 3.05) is 17.5 Å². The van der Waals surface area contributed by atoms with Gasteiger partial charge in [0.1, 0.15) is 6.54 Å². The van der Waals surface area contributed by atoms with Gasteiger partial charge in [-0.2, -0.15) is 0 Å². The maximum atomic E-state index is 11.7. The molecular weight excluding hydrogens is 331 g/mol. The van der Waals surface area contributed by atoms with Crippen LogP contribution in [0, 0.1) is 0 Å². The van der Waals surface area contributed by atoms with Crippen molar-refractivity contribution in [3.8, 4) is 0 Å². The van der Waals surface area contributed by atoms with Crippen molar-refractivity contribution in [3.63, 3.8) is 0 Å². The van der Waals surface area contributed by atoms with Gasteiger partial charge in [0.25, 0.3) is 5.91 Å². The molecule has 110 valence electrons. The van der Waals surface area contributed by atoms with Gasteiger partial charge in [-0.1, -0.05) is 23.2 Å². The molecule has 0 fully saturated rings. The number of benzene rings is 1. The van der Waals surface area contributed by atoms with Crippen LogP contribution in [-0.2, 0) is 14.8 Å². The lowest BCUT2D eigenvalue weighted by Crippen LogP contribution is -2.29. The van der Waals surface area contributed by atoms with E-state index in [1.54, 1.807) is 0 Å². The molecule has 0 saturated heterocycles. The van der Waals surface area contributed by atoms with Crippen molar-refractivity contribution in [1.29, 1.82) is 0 Å². The minimum absolute atomic E-state index is 0.0947. The molecule has 10 heteroatoms. The zero-order valence-electron chi connectivity index (χ0n) is 10.1.